The summed E-state index contributed by atoms with van der Waals surface area (Å²) in [4.78, 5) is 13.9. The van der Waals surface area contributed by atoms with Crippen LogP contribution in [0.5, 0.6) is 5.75 Å². The average molecular weight is 262 g/mol. The number of amides is 1. The van der Waals surface area contributed by atoms with Crippen LogP contribution in [0.15, 0.2) is 36.9 Å². The van der Waals surface area contributed by atoms with Gasteiger partial charge in [0, 0.05) is 13.1 Å². The van der Waals surface area contributed by atoms with Crippen LogP contribution in [0.4, 0.5) is 0 Å². The Bertz CT molecular complexity index is 415. The molecule has 1 atom stereocenters. The molecular weight excluding hydrogens is 240 g/mol. The van der Waals surface area contributed by atoms with Crippen molar-refractivity contribution in [1.29, 1.82) is 0 Å². The van der Waals surface area contributed by atoms with Gasteiger partial charge < -0.3 is 15.4 Å². The minimum absolute atomic E-state index is 0.0433. The highest BCUT2D eigenvalue weighted by Crippen LogP contribution is 2.13. The molecule has 0 saturated carbocycles. The summed E-state index contributed by atoms with van der Waals surface area (Å²) in [6.45, 7) is 6.75. The molecule has 1 amide bonds. The lowest BCUT2D eigenvalue weighted by molar-refractivity contribution is -0.132. The maximum Gasteiger partial charge on any atom is 0.240 e. The molecule has 1 rings (SSSR count). The first-order chi connectivity index (χ1) is 9.12. The topological polar surface area (TPSA) is 55.6 Å². The van der Waals surface area contributed by atoms with Gasteiger partial charge in [0.25, 0.3) is 0 Å². The molecule has 0 radical (unpaired) electrons. The van der Waals surface area contributed by atoms with Gasteiger partial charge in [0.15, 0.2) is 0 Å². The molecule has 0 aliphatic heterocycles. The Labute approximate surface area is 114 Å². The molecule has 0 saturated heterocycles. The summed E-state index contributed by atoms with van der Waals surface area (Å²) < 4.78 is 5.11. The van der Waals surface area contributed by atoms with Crippen molar-refractivity contribution in [2.75, 3.05) is 13.7 Å². The SMILES string of the molecule is C=CCC(N)C(=O)N(CC)Cc1ccc(OC)cc1. The Morgan fingerprint density at radius 1 is 1.47 bits per heavy atom. The van der Waals surface area contributed by atoms with Gasteiger partial charge >= 0.3 is 0 Å². The van der Waals surface area contributed by atoms with E-state index in [4.69, 9.17) is 10.5 Å². The minimum atomic E-state index is -0.504. The molecule has 1 unspecified atom stereocenters. The number of nitrogens with two attached hydrogens (primary N) is 1. The zero-order chi connectivity index (χ0) is 14.3. The van der Waals surface area contributed by atoms with E-state index in [1.54, 1.807) is 18.1 Å². The van der Waals surface area contributed by atoms with Gasteiger partial charge in [0.05, 0.1) is 13.2 Å². The van der Waals surface area contributed by atoms with E-state index in [0.717, 1.165) is 11.3 Å². The van der Waals surface area contributed by atoms with E-state index in [1.165, 1.54) is 0 Å². The molecule has 0 aromatic heterocycles. The second kappa shape index (κ2) is 7.59. The third kappa shape index (κ3) is 4.41. The molecule has 4 nitrogen and oxygen atoms in total. The summed E-state index contributed by atoms with van der Waals surface area (Å²) in [7, 11) is 1.63. The maximum absolute atomic E-state index is 12.1. The van der Waals surface area contributed by atoms with Crippen LogP contribution >= 0.6 is 0 Å². The number of hydrogen-bond donors (Lipinski definition) is 1. The van der Waals surface area contributed by atoms with Gasteiger partial charge in [0.2, 0.25) is 5.91 Å². The van der Waals surface area contributed by atoms with E-state index in [0.29, 0.717) is 19.5 Å². The van der Waals surface area contributed by atoms with Crippen LogP contribution in [-0.2, 0) is 11.3 Å². The average Bonchev–Trinajstić information content (AvgIpc) is 2.45. The van der Waals surface area contributed by atoms with Crippen LogP contribution in [-0.4, -0.2) is 30.5 Å². The molecule has 0 fully saturated rings. The zero-order valence-electron chi connectivity index (χ0n) is 11.6. The molecule has 19 heavy (non-hydrogen) atoms. The number of rotatable bonds is 7. The largest absolute Gasteiger partial charge is 0.497 e. The van der Waals surface area contributed by atoms with Crippen molar-refractivity contribution >= 4 is 5.91 Å². The lowest BCUT2D eigenvalue weighted by Gasteiger charge is -2.24. The van der Waals surface area contributed by atoms with Crippen molar-refractivity contribution in [3.63, 3.8) is 0 Å². The highest BCUT2D eigenvalue weighted by molar-refractivity contribution is 5.81. The van der Waals surface area contributed by atoms with Crippen LogP contribution < -0.4 is 10.5 Å². The molecule has 104 valence electrons. The van der Waals surface area contributed by atoms with Crippen LogP contribution in [0.25, 0.3) is 0 Å². The first-order valence-electron chi connectivity index (χ1n) is 6.40. The summed E-state index contributed by atoms with van der Waals surface area (Å²) in [5.74, 6) is 0.764. The van der Waals surface area contributed by atoms with Gasteiger partial charge in [-0.25, -0.2) is 0 Å². The first kappa shape index (κ1) is 15.2. The molecular formula is C15H22N2O2. The summed E-state index contributed by atoms with van der Waals surface area (Å²) >= 11 is 0. The number of hydrogen-bond acceptors (Lipinski definition) is 3. The van der Waals surface area contributed by atoms with E-state index in [1.807, 2.05) is 31.2 Å². The molecule has 0 aliphatic rings. The molecule has 2 N–H and O–H groups in total. The highest BCUT2D eigenvalue weighted by Gasteiger charge is 2.18. The van der Waals surface area contributed by atoms with Crippen molar-refractivity contribution in [2.45, 2.75) is 25.9 Å². The Balaban J connectivity index is 2.69. The predicted molar refractivity (Wildman–Crippen MR) is 76.9 cm³/mol. The number of methoxy groups -OCH3 is 1. The van der Waals surface area contributed by atoms with Gasteiger partial charge in [-0.1, -0.05) is 18.2 Å². The molecule has 0 bridgehead atoms. The van der Waals surface area contributed by atoms with Gasteiger partial charge in [-0.05, 0) is 31.0 Å². The lowest BCUT2D eigenvalue weighted by Crippen LogP contribution is -2.43. The highest BCUT2D eigenvalue weighted by atomic mass is 16.5. The quantitative estimate of drug-likeness (QED) is 0.764. The fraction of sp³-hybridized carbons (Fsp3) is 0.400. The van der Waals surface area contributed by atoms with Crippen molar-refractivity contribution in [2.24, 2.45) is 5.73 Å². The van der Waals surface area contributed by atoms with Crippen molar-refractivity contribution in [1.82, 2.24) is 4.90 Å². The molecule has 0 heterocycles. The second-order valence-electron chi connectivity index (χ2n) is 4.33. The molecule has 0 spiro atoms. The van der Waals surface area contributed by atoms with Crippen molar-refractivity contribution < 1.29 is 9.53 Å². The van der Waals surface area contributed by atoms with Gasteiger partial charge in [-0.15, -0.1) is 6.58 Å². The smallest absolute Gasteiger partial charge is 0.240 e. The predicted octanol–water partition coefficient (Wildman–Crippen LogP) is 1.95. The normalized spacial score (nSPS) is 11.7. The Morgan fingerprint density at radius 2 is 2.11 bits per heavy atom. The number of ether oxygens (including phenoxy) is 1. The fourth-order valence-electron chi connectivity index (χ4n) is 1.81. The standard InChI is InChI=1S/C15H22N2O2/c1-4-6-14(16)15(18)17(5-2)11-12-7-9-13(19-3)10-8-12/h4,7-10,14H,1,5-6,11,16H2,2-3H3. The van der Waals surface area contributed by atoms with Gasteiger partial charge in [0.1, 0.15) is 5.75 Å². The Kier molecular flexibility index (Phi) is 6.09. The number of benzene rings is 1. The summed E-state index contributed by atoms with van der Waals surface area (Å²) in [5, 5.41) is 0. The Hall–Kier alpha value is -1.81. The lowest BCUT2D eigenvalue weighted by atomic mass is 10.1. The third-order valence-corrected chi connectivity index (χ3v) is 2.96. The minimum Gasteiger partial charge on any atom is -0.497 e. The van der Waals surface area contributed by atoms with E-state index in [2.05, 4.69) is 6.58 Å². The fourth-order valence-corrected chi connectivity index (χ4v) is 1.81. The zero-order valence-corrected chi connectivity index (χ0v) is 11.6. The van der Waals surface area contributed by atoms with Crippen molar-refractivity contribution in [3.05, 3.63) is 42.5 Å². The van der Waals surface area contributed by atoms with Crippen LogP contribution in [0.1, 0.15) is 18.9 Å². The van der Waals surface area contributed by atoms with Crippen LogP contribution in [0, 0.1) is 0 Å². The number of carbonyl (C=O) groups is 1. The molecule has 4 heteroatoms. The number of nitrogens with zero attached hydrogens (tertiary/aromatic N) is 1. The van der Waals surface area contributed by atoms with Crippen molar-refractivity contribution in [3.8, 4) is 5.75 Å². The number of likely N-dealkylation sites (N-methyl/N-ethyl adjacent to an activating group) is 1. The second-order valence-corrected chi connectivity index (χ2v) is 4.33. The molecule has 1 aromatic rings. The van der Waals surface area contributed by atoms with Crippen LogP contribution in [0.2, 0.25) is 0 Å². The number of carbonyl (C=O) groups excluding carboxylic acids is 1. The van der Waals surface area contributed by atoms with Crippen LogP contribution in [0.3, 0.4) is 0 Å². The van der Waals surface area contributed by atoms with Gasteiger partial charge in [-0.3, -0.25) is 4.79 Å². The van der Waals surface area contributed by atoms with E-state index < -0.39 is 6.04 Å². The molecule has 1 aromatic carbocycles. The molecule has 0 aliphatic carbocycles. The van der Waals surface area contributed by atoms with E-state index >= 15 is 0 Å². The first-order valence-corrected chi connectivity index (χ1v) is 6.40. The third-order valence-electron chi connectivity index (χ3n) is 2.96. The Morgan fingerprint density at radius 3 is 2.58 bits per heavy atom. The summed E-state index contributed by atoms with van der Waals surface area (Å²) in [6, 6.07) is 7.17. The maximum atomic E-state index is 12.1. The summed E-state index contributed by atoms with van der Waals surface area (Å²) in [5.41, 5.74) is 6.88. The monoisotopic (exact) mass is 262 g/mol. The van der Waals surface area contributed by atoms with Gasteiger partial charge in [-0.2, -0.15) is 0 Å². The summed E-state index contributed by atoms with van der Waals surface area (Å²) in [6.07, 6.45) is 2.17. The van der Waals surface area contributed by atoms with E-state index in [9.17, 15) is 4.79 Å². The van der Waals surface area contributed by atoms with E-state index in [-0.39, 0.29) is 5.91 Å².